The highest BCUT2D eigenvalue weighted by Crippen LogP contribution is 2.50. The van der Waals surface area contributed by atoms with Crippen molar-refractivity contribution >= 4 is 16.9 Å². The topological polar surface area (TPSA) is 114 Å². The number of phenols is 1. The number of aromatic hydroxyl groups is 1. The Morgan fingerprint density at radius 2 is 1.81 bits per heavy atom. The number of ether oxygens (including phenoxy) is 5. The summed E-state index contributed by atoms with van der Waals surface area (Å²) < 4.78 is 33.5. The Morgan fingerprint density at radius 1 is 1.03 bits per heavy atom. The van der Waals surface area contributed by atoms with Crippen molar-refractivity contribution < 1.29 is 38.0 Å². The number of phenolic OH excluding ortho intramolecular Hbond substituents is 1. The number of carbonyl (C=O) groups is 1. The molecule has 0 bridgehead atoms. The molecule has 1 aliphatic heterocycles. The lowest BCUT2D eigenvalue weighted by Gasteiger charge is -2.34. The Morgan fingerprint density at radius 3 is 2.52 bits per heavy atom. The van der Waals surface area contributed by atoms with Crippen LogP contribution in [-0.4, -0.2) is 38.0 Å². The third-order valence-electron chi connectivity index (χ3n) is 4.84. The molecule has 4 rings (SSSR count). The van der Waals surface area contributed by atoms with Crippen LogP contribution in [0.1, 0.15) is 18.6 Å². The molecule has 0 aliphatic carbocycles. The van der Waals surface area contributed by atoms with Crippen molar-refractivity contribution in [1.82, 2.24) is 0 Å². The van der Waals surface area contributed by atoms with Gasteiger partial charge in [-0.1, -0.05) is 6.07 Å². The lowest BCUT2D eigenvalue weighted by Crippen LogP contribution is -2.37. The second-order valence-corrected chi connectivity index (χ2v) is 6.84. The van der Waals surface area contributed by atoms with Crippen molar-refractivity contribution in [2.75, 3.05) is 20.8 Å². The van der Waals surface area contributed by atoms with Crippen molar-refractivity contribution in [3.8, 4) is 28.7 Å². The number of fused-ring (bicyclic) bond motifs is 3. The van der Waals surface area contributed by atoms with Gasteiger partial charge in [0.05, 0.1) is 14.2 Å². The highest BCUT2D eigenvalue weighted by atomic mass is 16.6. The quantitative estimate of drug-likeness (QED) is 0.484. The second kappa shape index (κ2) is 8.10. The van der Waals surface area contributed by atoms with Gasteiger partial charge >= 0.3 is 11.6 Å². The van der Waals surface area contributed by atoms with Gasteiger partial charge in [-0.2, -0.15) is 0 Å². The molecule has 0 spiro atoms. The summed E-state index contributed by atoms with van der Waals surface area (Å²) in [7, 11) is 2.90. The number of carbonyl (C=O) groups excluding carboxylic acids is 1. The van der Waals surface area contributed by atoms with Crippen LogP contribution in [0, 0.1) is 0 Å². The number of hydrogen-bond donors (Lipinski definition) is 1. The molecule has 0 fully saturated rings. The van der Waals surface area contributed by atoms with E-state index in [-0.39, 0.29) is 35.2 Å². The average molecular weight is 428 g/mol. The molecule has 162 valence electrons. The Bertz CT molecular complexity index is 1200. The summed E-state index contributed by atoms with van der Waals surface area (Å²) in [4.78, 5) is 23.3. The molecule has 31 heavy (non-hydrogen) atoms. The molecule has 1 aromatic heterocycles. The second-order valence-electron chi connectivity index (χ2n) is 6.84. The first-order valence-electron chi connectivity index (χ1n) is 9.39. The number of rotatable bonds is 5. The van der Waals surface area contributed by atoms with E-state index in [9.17, 15) is 14.7 Å². The predicted octanol–water partition coefficient (Wildman–Crippen LogP) is 2.96. The molecule has 9 heteroatoms. The van der Waals surface area contributed by atoms with Gasteiger partial charge in [-0.15, -0.1) is 0 Å². The van der Waals surface area contributed by atoms with Gasteiger partial charge in [0.15, 0.2) is 35.0 Å². The third-order valence-corrected chi connectivity index (χ3v) is 4.84. The highest BCUT2D eigenvalue weighted by Gasteiger charge is 2.38. The van der Waals surface area contributed by atoms with Crippen molar-refractivity contribution in [3.05, 3.63) is 52.4 Å². The number of methoxy groups -OCH3 is 2. The van der Waals surface area contributed by atoms with Gasteiger partial charge in [-0.25, -0.2) is 4.79 Å². The molecular formula is C22H20O9. The standard InChI is InChI=1S/C22H20O9/c1-11(23)28-10-17-19(12-4-6-14(24)15(8-12)26-2)31-22-20-13(5-7-18(25)30-20)9-16(27-3)21(22)29-17/h4-9,17,19,24H,10H2,1-3H3/t17-,19-/m1/s1. The molecule has 1 N–H and O–H groups in total. The smallest absolute Gasteiger partial charge is 0.336 e. The Hall–Kier alpha value is -3.88. The monoisotopic (exact) mass is 428 g/mol. The largest absolute Gasteiger partial charge is 0.504 e. The SMILES string of the molecule is COc1cc([C@H]2Oc3c(c(OC)cc4ccc(=O)oc34)O[C@@H]2COC(C)=O)ccc1O. The number of hydrogen-bond acceptors (Lipinski definition) is 9. The molecule has 0 radical (unpaired) electrons. The van der Waals surface area contributed by atoms with Crippen LogP contribution in [0.3, 0.4) is 0 Å². The minimum atomic E-state index is -0.776. The lowest BCUT2D eigenvalue weighted by atomic mass is 10.0. The first-order valence-corrected chi connectivity index (χ1v) is 9.39. The predicted molar refractivity (Wildman–Crippen MR) is 108 cm³/mol. The maximum absolute atomic E-state index is 11.8. The van der Waals surface area contributed by atoms with E-state index in [1.165, 1.54) is 33.3 Å². The van der Waals surface area contributed by atoms with E-state index in [0.29, 0.717) is 16.7 Å². The number of esters is 1. The molecule has 2 atom stereocenters. The highest BCUT2D eigenvalue weighted by molar-refractivity contribution is 5.88. The van der Waals surface area contributed by atoms with Crippen LogP contribution in [0.25, 0.3) is 11.0 Å². The van der Waals surface area contributed by atoms with E-state index in [2.05, 4.69) is 0 Å². The van der Waals surface area contributed by atoms with Gasteiger partial charge in [0.25, 0.3) is 0 Å². The maximum Gasteiger partial charge on any atom is 0.336 e. The molecule has 2 aromatic carbocycles. The van der Waals surface area contributed by atoms with Crippen molar-refractivity contribution in [2.45, 2.75) is 19.1 Å². The van der Waals surface area contributed by atoms with Crippen molar-refractivity contribution in [2.24, 2.45) is 0 Å². The summed E-state index contributed by atoms with van der Waals surface area (Å²) in [5, 5.41) is 10.5. The lowest BCUT2D eigenvalue weighted by molar-refractivity contribution is -0.145. The summed E-state index contributed by atoms with van der Waals surface area (Å²) >= 11 is 0. The summed E-state index contributed by atoms with van der Waals surface area (Å²) in [6, 6.07) is 9.23. The fourth-order valence-electron chi connectivity index (χ4n) is 3.40. The fraction of sp³-hybridized carbons (Fsp3) is 0.273. The summed E-state index contributed by atoms with van der Waals surface area (Å²) in [6.07, 6.45) is -1.53. The van der Waals surface area contributed by atoms with E-state index in [1.54, 1.807) is 24.3 Å². The molecule has 9 nitrogen and oxygen atoms in total. The van der Waals surface area contributed by atoms with Crippen LogP contribution in [0.4, 0.5) is 0 Å². The van der Waals surface area contributed by atoms with Crippen LogP contribution in [-0.2, 0) is 9.53 Å². The first-order chi connectivity index (χ1) is 14.9. The Labute approximate surface area is 176 Å². The van der Waals surface area contributed by atoms with Crippen molar-refractivity contribution in [3.63, 3.8) is 0 Å². The molecule has 2 heterocycles. The number of benzene rings is 2. The van der Waals surface area contributed by atoms with Crippen LogP contribution in [0.2, 0.25) is 0 Å². The van der Waals surface area contributed by atoms with E-state index in [1.807, 2.05) is 0 Å². The van der Waals surface area contributed by atoms with Gasteiger partial charge in [-0.05, 0) is 24.3 Å². The summed E-state index contributed by atoms with van der Waals surface area (Å²) in [6.45, 7) is 1.18. The summed E-state index contributed by atoms with van der Waals surface area (Å²) in [5.41, 5.74) is 0.241. The van der Waals surface area contributed by atoms with Crippen LogP contribution in [0.5, 0.6) is 28.7 Å². The van der Waals surface area contributed by atoms with Crippen molar-refractivity contribution in [1.29, 1.82) is 0 Å². The van der Waals surface area contributed by atoms with Gasteiger partial charge < -0.3 is 33.2 Å². The molecule has 0 saturated heterocycles. The zero-order valence-electron chi connectivity index (χ0n) is 17.0. The van der Waals surface area contributed by atoms with E-state index in [4.69, 9.17) is 28.1 Å². The summed E-state index contributed by atoms with van der Waals surface area (Å²) in [5.74, 6) is 0.490. The molecule has 3 aromatic rings. The average Bonchev–Trinajstić information content (AvgIpc) is 2.77. The maximum atomic E-state index is 11.8. The van der Waals surface area contributed by atoms with Gasteiger partial charge in [0.1, 0.15) is 6.61 Å². The van der Waals surface area contributed by atoms with Gasteiger partial charge in [0, 0.05) is 23.9 Å². The van der Waals surface area contributed by atoms with Crippen LogP contribution >= 0.6 is 0 Å². The van der Waals surface area contributed by atoms with Crippen LogP contribution in [0.15, 0.2) is 45.6 Å². The van der Waals surface area contributed by atoms with Gasteiger partial charge in [0.2, 0.25) is 11.5 Å². The normalized spacial score (nSPS) is 17.3. The minimum absolute atomic E-state index is 0.0435. The van der Waals surface area contributed by atoms with E-state index >= 15 is 0 Å². The fourth-order valence-corrected chi connectivity index (χ4v) is 3.40. The van der Waals surface area contributed by atoms with Gasteiger partial charge in [-0.3, -0.25) is 4.79 Å². The molecule has 0 amide bonds. The van der Waals surface area contributed by atoms with Crippen LogP contribution < -0.4 is 24.6 Å². The third kappa shape index (κ3) is 3.81. The molecular weight excluding hydrogens is 408 g/mol. The Kier molecular flexibility index (Phi) is 5.33. The molecule has 0 saturated carbocycles. The molecule has 1 aliphatic rings. The zero-order valence-corrected chi connectivity index (χ0v) is 17.0. The molecule has 0 unspecified atom stereocenters. The minimum Gasteiger partial charge on any atom is -0.504 e. The van der Waals surface area contributed by atoms with E-state index < -0.39 is 23.8 Å². The van der Waals surface area contributed by atoms with E-state index in [0.717, 1.165) is 0 Å². The Balaban J connectivity index is 1.87. The first kappa shape index (κ1) is 20.4. The zero-order chi connectivity index (χ0) is 22.1.